The summed E-state index contributed by atoms with van der Waals surface area (Å²) in [6.07, 6.45) is 0. The van der Waals surface area contributed by atoms with Gasteiger partial charge in [0.15, 0.2) is 0 Å². The van der Waals surface area contributed by atoms with Gasteiger partial charge in [-0.15, -0.1) is 7.05 Å². The number of nitrogens with zero attached hydrogens (tertiary/aromatic N) is 1. The molecule has 0 heterocycles. The van der Waals surface area contributed by atoms with Crippen molar-refractivity contribution in [1.82, 2.24) is 0 Å². The molecule has 42 valence electrons. The van der Waals surface area contributed by atoms with Gasteiger partial charge in [0.1, 0.15) is 0 Å². The van der Waals surface area contributed by atoms with Crippen molar-refractivity contribution in [3.63, 3.8) is 0 Å². The van der Waals surface area contributed by atoms with Gasteiger partial charge < -0.3 is 10.6 Å². The monoisotopic (exact) mass is 101 g/mol. The van der Waals surface area contributed by atoms with Gasteiger partial charge in [-0.05, 0) is 0 Å². The van der Waals surface area contributed by atoms with Crippen molar-refractivity contribution >= 4 is 5.96 Å². The molecule has 0 bridgehead atoms. The summed E-state index contributed by atoms with van der Waals surface area (Å²) in [5.74, 6) is 0.528. The van der Waals surface area contributed by atoms with E-state index in [1.165, 1.54) is 0 Å². The fraction of sp³-hybridized carbons (Fsp3) is 0.500. The smallest absolute Gasteiger partial charge is 0.265 e. The summed E-state index contributed by atoms with van der Waals surface area (Å²) in [5, 5.41) is 0. The van der Waals surface area contributed by atoms with Gasteiger partial charge in [-0.2, -0.15) is 0 Å². The van der Waals surface area contributed by atoms with E-state index in [0.717, 1.165) is 4.90 Å². The quantitative estimate of drug-likeness (QED) is 0.212. The van der Waals surface area contributed by atoms with E-state index in [2.05, 4.69) is 12.0 Å². The van der Waals surface area contributed by atoms with Crippen LogP contribution in [0.2, 0.25) is 0 Å². The number of aliphatic imine (C=N–C) groups is 1. The average Bonchev–Trinajstić information content (AvgIpc) is 1.65. The van der Waals surface area contributed by atoms with Crippen molar-refractivity contribution in [2.75, 3.05) is 14.1 Å². The normalized spacial score (nSPS) is 16.7. The van der Waals surface area contributed by atoms with Crippen LogP contribution in [0.3, 0.4) is 0 Å². The largest absolute Gasteiger partial charge is 0.406 e. The summed E-state index contributed by atoms with van der Waals surface area (Å²) in [6, 6.07) is 0. The highest BCUT2D eigenvalue weighted by molar-refractivity contribution is 5.68. The lowest BCUT2D eigenvalue weighted by Crippen LogP contribution is -3.08. The van der Waals surface area contributed by atoms with Crippen molar-refractivity contribution in [1.29, 1.82) is 0 Å². The second-order valence-electron chi connectivity index (χ2n) is 1.39. The number of nitrogens with two attached hydrogens (primary N) is 1. The van der Waals surface area contributed by atoms with E-state index in [9.17, 15) is 0 Å². The summed E-state index contributed by atoms with van der Waals surface area (Å²) in [6.45, 7) is 0. The summed E-state index contributed by atoms with van der Waals surface area (Å²) in [5.41, 5.74) is 5.27. The molecule has 0 radical (unpaired) electrons. The molecule has 0 aliphatic heterocycles. The number of hydrogen-bond donors (Lipinski definition) is 2. The number of nitrogens with one attached hydrogen (secondary N) is 1. The van der Waals surface area contributed by atoms with Crippen molar-refractivity contribution in [2.24, 2.45) is 10.7 Å². The van der Waals surface area contributed by atoms with Crippen LogP contribution in [-0.4, -0.2) is 20.1 Å². The van der Waals surface area contributed by atoms with Crippen LogP contribution in [0, 0.1) is 7.05 Å². The molecule has 1 atom stereocenters. The number of quaternary nitrogens is 1. The maximum Gasteiger partial charge on any atom is 0.265 e. The summed E-state index contributed by atoms with van der Waals surface area (Å²) in [4.78, 5) is 4.50. The lowest BCUT2D eigenvalue weighted by Gasteiger charge is -2.09. The predicted octanol–water partition coefficient (Wildman–Crippen LogP) is -1.76. The minimum atomic E-state index is 0.528. The molecule has 0 fully saturated rings. The molecule has 3 N–H and O–H groups in total. The maximum atomic E-state index is 5.27. The van der Waals surface area contributed by atoms with E-state index < -0.39 is 0 Å². The first-order valence-corrected chi connectivity index (χ1v) is 2.06. The first-order valence-electron chi connectivity index (χ1n) is 2.06. The van der Waals surface area contributed by atoms with Gasteiger partial charge in [0.25, 0.3) is 5.96 Å². The lowest BCUT2D eigenvalue weighted by molar-refractivity contribution is -0.730. The van der Waals surface area contributed by atoms with Crippen molar-refractivity contribution in [2.45, 2.75) is 0 Å². The number of rotatable bonds is 0. The molecule has 0 rings (SSSR count). The Morgan fingerprint density at radius 1 is 1.86 bits per heavy atom. The van der Waals surface area contributed by atoms with Crippen LogP contribution >= 0.6 is 0 Å². The second kappa shape index (κ2) is 2.58. The van der Waals surface area contributed by atoms with Crippen LogP contribution < -0.4 is 10.6 Å². The minimum absolute atomic E-state index is 0.528. The van der Waals surface area contributed by atoms with Gasteiger partial charge in [0, 0.05) is 14.1 Å². The van der Waals surface area contributed by atoms with Crippen LogP contribution in [0.15, 0.2) is 4.99 Å². The Bertz CT molecular complexity index is 75.0. The maximum absolute atomic E-state index is 5.27. The standard InChI is InChI=1S/C4H11N3/c1-6-4(5)7(2)3/h7H,2H2,1,3H3,(H2,5,6). The van der Waals surface area contributed by atoms with Crippen LogP contribution in [0.4, 0.5) is 0 Å². The molecule has 0 amide bonds. The molecule has 0 saturated carbocycles. The van der Waals surface area contributed by atoms with Crippen LogP contribution in [0.25, 0.3) is 0 Å². The third kappa shape index (κ3) is 2.17. The summed E-state index contributed by atoms with van der Waals surface area (Å²) in [7, 11) is 7.03. The molecule has 0 aromatic rings. The van der Waals surface area contributed by atoms with E-state index in [0.29, 0.717) is 5.96 Å². The second-order valence-corrected chi connectivity index (χ2v) is 1.39. The highest BCUT2D eigenvalue weighted by Gasteiger charge is 1.87. The fourth-order valence-electron chi connectivity index (χ4n) is 0.191. The third-order valence-corrected chi connectivity index (χ3v) is 0.678. The van der Waals surface area contributed by atoms with Crippen LogP contribution in [0.1, 0.15) is 0 Å². The number of guanidine groups is 1. The van der Waals surface area contributed by atoms with Crippen LogP contribution in [-0.2, 0) is 0 Å². The molecule has 0 aromatic heterocycles. The van der Waals surface area contributed by atoms with Gasteiger partial charge in [-0.3, -0.25) is 0 Å². The van der Waals surface area contributed by atoms with Crippen molar-refractivity contribution in [3.05, 3.63) is 7.05 Å². The SMILES string of the molecule is [CH2-][NH+](C)C(N)=NC. The van der Waals surface area contributed by atoms with Crippen LogP contribution in [0.5, 0.6) is 0 Å². The van der Waals surface area contributed by atoms with E-state index in [4.69, 9.17) is 5.73 Å². The Morgan fingerprint density at radius 3 is 2.29 bits per heavy atom. The Labute approximate surface area is 43.8 Å². The molecule has 7 heavy (non-hydrogen) atoms. The summed E-state index contributed by atoms with van der Waals surface area (Å²) >= 11 is 0. The minimum Gasteiger partial charge on any atom is -0.406 e. The van der Waals surface area contributed by atoms with Crippen molar-refractivity contribution in [3.8, 4) is 0 Å². The molecule has 3 nitrogen and oxygen atoms in total. The van der Waals surface area contributed by atoms with Gasteiger partial charge in [-0.1, -0.05) is 0 Å². The summed E-state index contributed by atoms with van der Waals surface area (Å²) < 4.78 is 0. The Morgan fingerprint density at radius 2 is 2.29 bits per heavy atom. The molecule has 3 heteroatoms. The Balaban J connectivity index is 3.56. The van der Waals surface area contributed by atoms with Gasteiger partial charge in [0.2, 0.25) is 0 Å². The fourth-order valence-corrected chi connectivity index (χ4v) is 0.191. The van der Waals surface area contributed by atoms with Gasteiger partial charge in [-0.25, -0.2) is 4.99 Å². The van der Waals surface area contributed by atoms with Crippen molar-refractivity contribution < 1.29 is 4.90 Å². The zero-order valence-electron chi connectivity index (χ0n) is 4.73. The van der Waals surface area contributed by atoms with E-state index in [1.807, 2.05) is 7.05 Å². The Hall–Kier alpha value is -0.570. The lowest BCUT2D eigenvalue weighted by atomic mass is 10.8. The molecule has 0 aromatic carbocycles. The van der Waals surface area contributed by atoms with E-state index in [1.54, 1.807) is 7.05 Å². The predicted molar refractivity (Wildman–Crippen MR) is 29.8 cm³/mol. The average molecular weight is 101 g/mol. The molecule has 0 saturated heterocycles. The molecule has 0 aliphatic carbocycles. The van der Waals surface area contributed by atoms with E-state index >= 15 is 0 Å². The zero-order chi connectivity index (χ0) is 5.86. The number of hydrogen-bond acceptors (Lipinski definition) is 1. The van der Waals surface area contributed by atoms with E-state index in [-0.39, 0.29) is 0 Å². The Kier molecular flexibility index (Phi) is 2.37. The molecular weight excluding hydrogens is 90.1 g/mol. The zero-order valence-corrected chi connectivity index (χ0v) is 4.73. The highest BCUT2D eigenvalue weighted by Crippen LogP contribution is 1.43. The van der Waals surface area contributed by atoms with Gasteiger partial charge in [0.05, 0.1) is 0 Å². The topological polar surface area (TPSA) is 42.8 Å². The third-order valence-electron chi connectivity index (χ3n) is 0.678. The van der Waals surface area contributed by atoms with Gasteiger partial charge >= 0.3 is 0 Å². The molecular formula is C4H11N3. The molecule has 1 unspecified atom stereocenters. The molecule has 0 aliphatic rings. The molecule has 0 spiro atoms. The first kappa shape index (κ1) is 6.43. The first-order chi connectivity index (χ1) is 3.18. The highest BCUT2D eigenvalue weighted by atomic mass is 15.2.